The van der Waals surface area contributed by atoms with Gasteiger partial charge in [0.1, 0.15) is 5.69 Å². The van der Waals surface area contributed by atoms with E-state index in [2.05, 4.69) is 0 Å². The monoisotopic (exact) mass is 283 g/mol. The van der Waals surface area contributed by atoms with Crippen LogP contribution in [0.15, 0.2) is 36.5 Å². The maximum atomic E-state index is 11.1. The molecule has 3 nitrogen and oxygen atoms in total. The summed E-state index contributed by atoms with van der Waals surface area (Å²) >= 11 is 12.0. The number of benzene rings is 1. The van der Waals surface area contributed by atoms with Crippen molar-refractivity contribution in [3.8, 4) is 0 Å². The third kappa shape index (κ3) is 2.37. The Morgan fingerprint density at radius 2 is 2.00 bits per heavy atom. The first kappa shape index (κ1) is 13.0. The first-order valence-electron chi connectivity index (χ1n) is 5.36. The van der Waals surface area contributed by atoms with Crippen molar-refractivity contribution >= 4 is 29.2 Å². The van der Waals surface area contributed by atoms with Gasteiger partial charge in [0.15, 0.2) is 0 Å². The van der Waals surface area contributed by atoms with Crippen LogP contribution in [-0.4, -0.2) is 15.6 Å². The van der Waals surface area contributed by atoms with E-state index in [1.165, 1.54) is 6.07 Å². The minimum absolute atomic E-state index is 0.146. The summed E-state index contributed by atoms with van der Waals surface area (Å²) in [4.78, 5) is 11.1. The molecule has 0 aliphatic rings. The van der Waals surface area contributed by atoms with Gasteiger partial charge in [-0.05, 0) is 24.6 Å². The summed E-state index contributed by atoms with van der Waals surface area (Å²) in [6, 6.07) is 8.57. The number of aromatic nitrogens is 1. The number of aromatic carboxylic acids is 1. The van der Waals surface area contributed by atoms with E-state index in [1.807, 2.05) is 25.1 Å². The van der Waals surface area contributed by atoms with Gasteiger partial charge in [-0.2, -0.15) is 0 Å². The van der Waals surface area contributed by atoms with Crippen LogP contribution in [0.4, 0.5) is 0 Å². The molecule has 0 aliphatic heterocycles. The van der Waals surface area contributed by atoms with Crippen LogP contribution in [0.2, 0.25) is 10.0 Å². The normalized spacial score (nSPS) is 12.4. The highest BCUT2D eigenvalue weighted by Crippen LogP contribution is 2.28. The third-order valence-corrected chi connectivity index (χ3v) is 3.36. The molecule has 18 heavy (non-hydrogen) atoms. The SMILES string of the molecule is CC(c1ccccc1Cl)n1cc(Cl)cc1C(=O)O. The van der Waals surface area contributed by atoms with Crippen LogP contribution in [0.3, 0.4) is 0 Å². The van der Waals surface area contributed by atoms with Crippen molar-refractivity contribution in [2.75, 3.05) is 0 Å². The van der Waals surface area contributed by atoms with Gasteiger partial charge in [-0.3, -0.25) is 0 Å². The summed E-state index contributed by atoms with van der Waals surface area (Å²) in [5.74, 6) is -1.01. The van der Waals surface area contributed by atoms with Crippen molar-refractivity contribution in [2.45, 2.75) is 13.0 Å². The number of carbonyl (C=O) groups is 1. The number of carboxylic acids is 1. The fraction of sp³-hybridized carbons (Fsp3) is 0.154. The lowest BCUT2D eigenvalue weighted by Crippen LogP contribution is -2.13. The van der Waals surface area contributed by atoms with Crippen molar-refractivity contribution < 1.29 is 9.90 Å². The van der Waals surface area contributed by atoms with Crippen LogP contribution in [-0.2, 0) is 0 Å². The van der Waals surface area contributed by atoms with E-state index in [4.69, 9.17) is 28.3 Å². The summed E-state index contributed by atoms with van der Waals surface area (Å²) in [5, 5.41) is 10.1. The van der Waals surface area contributed by atoms with Crippen LogP contribution in [0.1, 0.15) is 29.0 Å². The Labute approximate surface area is 115 Å². The van der Waals surface area contributed by atoms with Gasteiger partial charge in [0.2, 0.25) is 0 Å². The van der Waals surface area contributed by atoms with Gasteiger partial charge < -0.3 is 9.67 Å². The molecule has 0 saturated heterocycles. The van der Waals surface area contributed by atoms with Crippen LogP contribution < -0.4 is 0 Å². The summed E-state index contributed by atoms with van der Waals surface area (Å²) in [6.07, 6.45) is 1.60. The molecule has 5 heteroatoms. The first-order chi connectivity index (χ1) is 8.50. The van der Waals surface area contributed by atoms with E-state index in [9.17, 15) is 4.79 Å². The summed E-state index contributed by atoms with van der Waals surface area (Å²) in [5.41, 5.74) is 1.00. The van der Waals surface area contributed by atoms with Crippen molar-refractivity contribution in [1.82, 2.24) is 4.57 Å². The van der Waals surface area contributed by atoms with Crippen molar-refractivity contribution in [2.24, 2.45) is 0 Å². The second-order valence-electron chi connectivity index (χ2n) is 3.95. The van der Waals surface area contributed by atoms with Gasteiger partial charge in [0.25, 0.3) is 0 Å². The molecule has 1 N–H and O–H groups in total. The second-order valence-corrected chi connectivity index (χ2v) is 4.80. The van der Waals surface area contributed by atoms with Crippen LogP contribution in [0, 0.1) is 0 Å². The topological polar surface area (TPSA) is 42.2 Å². The van der Waals surface area contributed by atoms with Crippen LogP contribution in [0.5, 0.6) is 0 Å². The predicted octanol–water partition coefficient (Wildman–Crippen LogP) is 4.10. The lowest BCUT2D eigenvalue weighted by Gasteiger charge is -2.17. The molecule has 0 fully saturated rings. The van der Waals surface area contributed by atoms with Crippen LogP contribution in [0.25, 0.3) is 0 Å². The lowest BCUT2D eigenvalue weighted by atomic mass is 10.1. The molecule has 1 unspecified atom stereocenters. The van der Waals surface area contributed by atoms with E-state index in [0.29, 0.717) is 10.0 Å². The lowest BCUT2D eigenvalue weighted by molar-refractivity contribution is 0.0684. The highest BCUT2D eigenvalue weighted by atomic mass is 35.5. The Hall–Kier alpha value is -1.45. The zero-order valence-electron chi connectivity index (χ0n) is 9.60. The van der Waals surface area contributed by atoms with Gasteiger partial charge in [0.05, 0.1) is 11.1 Å². The number of rotatable bonds is 3. The predicted molar refractivity (Wildman–Crippen MR) is 71.7 cm³/mol. The largest absolute Gasteiger partial charge is 0.477 e. The Kier molecular flexibility index (Phi) is 3.64. The van der Waals surface area contributed by atoms with Crippen molar-refractivity contribution in [3.63, 3.8) is 0 Å². The maximum Gasteiger partial charge on any atom is 0.352 e. The van der Waals surface area contributed by atoms with E-state index >= 15 is 0 Å². The molecule has 1 atom stereocenters. The van der Waals surface area contributed by atoms with Gasteiger partial charge in [-0.1, -0.05) is 41.4 Å². The molecular weight excluding hydrogens is 273 g/mol. The standard InChI is InChI=1S/C13H11Cl2NO2/c1-8(10-4-2-3-5-11(10)15)16-7-9(14)6-12(16)13(17)18/h2-8H,1H3,(H,17,18). The average molecular weight is 284 g/mol. The minimum Gasteiger partial charge on any atom is -0.477 e. The fourth-order valence-electron chi connectivity index (χ4n) is 1.90. The molecular formula is C13H11Cl2NO2. The molecule has 0 saturated carbocycles. The molecule has 0 spiro atoms. The van der Waals surface area contributed by atoms with Gasteiger partial charge in [-0.15, -0.1) is 0 Å². The Bertz CT molecular complexity index is 592. The van der Waals surface area contributed by atoms with Crippen LogP contribution >= 0.6 is 23.2 Å². The molecule has 0 bridgehead atoms. The summed E-state index contributed by atoms with van der Waals surface area (Å²) < 4.78 is 1.60. The highest BCUT2D eigenvalue weighted by Gasteiger charge is 2.18. The Balaban J connectivity index is 2.49. The molecule has 0 aliphatic carbocycles. The number of nitrogens with zero attached hydrogens (tertiary/aromatic N) is 1. The average Bonchev–Trinajstić information content (AvgIpc) is 2.71. The number of hydrogen-bond donors (Lipinski definition) is 1. The zero-order chi connectivity index (χ0) is 13.3. The number of carboxylic acid groups (broad SMARTS) is 1. The second kappa shape index (κ2) is 5.04. The quantitative estimate of drug-likeness (QED) is 0.921. The fourth-order valence-corrected chi connectivity index (χ4v) is 2.40. The molecule has 94 valence electrons. The van der Waals surface area contributed by atoms with Gasteiger partial charge in [-0.25, -0.2) is 4.79 Å². The number of halogens is 2. The van der Waals surface area contributed by atoms with E-state index in [1.54, 1.807) is 16.8 Å². The minimum atomic E-state index is -1.01. The molecule has 1 heterocycles. The molecule has 0 radical (unpaired) electrons. The van der Waals surface area contributed by atoms with Gasteiger partial charge in [0, 0.05) is 11.2 Å². The molecule has 2 rings (SSSR count). The highest BCUT2D eigenvalue weighted by molar-refractivity contribution is 6.31. The maximum absolute atomic E-state index is 11.1. The van der Waals surface area contributed by atoms with E-state index in [-0.39, 0.29) is 11.7 Å². The summed E-state index contributed by atoms with van der Waals surface area (Å²) in [7, 11) is 0. The molecule has 1 aromatic carbocycles. The first-order valence-corrected chi connectivity index (χ1v) is 6.11. The molecule has 2 aromatic rings. The van der Waals surface area contributed by atoms with Crippen molar-refractivity contribution in [1.29, 1.82) is 0 Å². The zero-order valence-corrected chi connectivity index (χ0v) is 11.1. The summed E-state index contributed by atoms with van der Waals surface area (Å²) in [6.45, 7) is 1.88. The van der Waals surface area contributed by atoms with Gasteiger partial charge >= 0.3 is 5.97 Å². The Morgan fingerprint density at radius 1 is 1.33 bits per heavy atom. The van der Waals surface area contributed by atoms with E-state index < -0.39 is 5.97 Å². The molecule has 0 amide bonds. The number of hydrogen-bond acceptors (Lipinski definition) is 1. The van der Waals surface area contributed by atoms with E-state index in [0.717, 1.165) is 5.56 Å². The third-order valence-electron chi connectivity index (χ3n) is 2.81. The Morgan fingerprint density at radius 3 is 2.61 bits per heavy atom. The molecule has 1 aromatic heterocycles. The smallest absolute Gasteiger partial charge is 0.352 e. The van der Waals surface area contributed by atoms with Crippen molar-refractivity contribution in [3.05, 3.63) is 57.8 Å².